The molecule has 1 aliphatic rings. The Labute approximate surface area is 240 Å². The highest BCUT2D eigenvalue weighted by molar-refractivity contribution is 7.89. The van der Waals surface area contributed by atoms with Gasteiger partial charge in [-0.3, -0.25) is 9.69 Å². The van der Waals surface area contributed by atoms with Crippen LogP contribution in [-0.4, -0.2) is 74.4 Å². The molecule has 216 valence electrons. The Morgan fingerprint density at radius 2 is 1.66 bits per heavy atom. The SMILES string of the molecule is O=C(CN(CCCN1CCOCC1)S(=O)(=O)c1ccc2ccccc2c1)N(Cc1ccc(F)cc1)Cc1ccco1. The van der Waals surface area contributed by atoms with E-state index in [2.05, 4.69) is 4.90 Å². The normalized spacial score (nSPS) is 14.5. The molecule has 0 saturated carbocycles. The van der Waals surface area contributed by atoms with Gasteiger partial charge in [0.15, 0.2) is 0 Å². The van der Waals surface area contributed by atoms with Gasteiger partial charge in [-0.15, -0.1) is 0 Å². The van der Waals surface area contributed by atoms with Crippen molar-refractivity contribution in [2.45, 2.75) is 24.4 Å². The molecule has 2 heterocycles. The maximum atomic E-state index is 14.0. The zero-order chi connectivity index (χ0) is 28.7. The van der Waals surface area contributed by atoms with Gasteiger partial charge in [-0.1, -0.05) is 42.5 Å². The maximum Gasteiger partial charge on any atom is 0.243 e. The summed E-state index contributed by atoms with van der Waals surface area (Å²) < 4.78 is 53.7. The molecular weight excluding hydrogens is 545 g/mol. The first-order chi connectivity index (χ1) is 19.9. The zero-order valence-electron chi connectivity index (χ0n) is 22.8. The van der Waals surface area contributed by atoms with Crippen LogP contribution >= 0.6 is 0 Å². The molecule has 3 aromatic carbocycles. The number of fused-ring (bicyclic) bond motifs is 1. The van der Waals surface area contributed by atoms with Crippen LogP contribution < -0.4 is 0 Å². The predicted molar refractivity (Wildman–Crippen MR) is 154 cm³/mol. The molecule has 0 aliphatic carbocycles. The van der Waals surface area contributed by atoms with E-state index in [0.717, 1.165) is 29.4 Å². The van der Waals surface area contributed by atoms with Crippen LogP contribution in [0.25, 0.3) is 10.8 Å². The molecular formula is C31H34FN3O5S. The fourth-order valence-corrected chi connectivity index (χ4v) is 6.40. The lowest BCUT2D eigenvalue weighted by Crippen LogP contribution is -2.44. The Morgan fingerprint density at radius 1 is 0.902 bits per heavy atom. The van der Waals surface area contributed by atoms with E-state index in [9.17, 15) is 17.6 Å². The number of hydrogen-bond acceptors (Lipinski definition) is 6. The van der Waals surface area contributed by atoms with Crippen LogP contribution in [0, 0.1) is 5.82 Å². The standard InChI is InChI=1S/C31H34FN3O5S/c32-28-11-8-25(9-12-28)22-34(23-29-7-3-18-40-29)31(36)24-35(15-4-14-33-16-19-39-20-17-33)41(37,38)30-13-10-26-5-1-2-6-27(26)21-30/h1-3,5-13,18,21H,4,14-17,19-20,22-24H2. The number of ether oxygens (including phenoxy) is 1. The van der Waals surface area contributed by atoms with Crippen molar-refractivity contribution in [3.8, 4) is 0 Å². The summed E-state index contributed by atoms with van der Waals surface area (Å²) >= 11 is 0. The highest BCUT2D eigenvalue weighted by Gasteiger charge is 2.29. The summed E-state index contributed by atoms with van der Waals surface area (Å²) in [4.78, 5) is 17.7. The molecule has 0 spiro atoms. The molecule has 0 bridgehead atoms. The molecule has 4 aromatic rings. The first kappa shape index (κ1) is 28.9. The third-order valence-corrected chi connectivity index (χ3v) is 9.06. The van der Waals surface area contributed by atoms with E-state index in [-0.39, 0.29) is 42.8 Å². The van der Waals surface area contributed by atoms with Gasteiger partial charge in [0.25, 0.3) is 0 Å². The van der Waals surface area contributed by atoms with E-state index in [0.29, 0.717) is 31.9 Å². The van der Waals surface area contributed by atoms with Gasteiger partial charge >= 0.3 is 0 Å². The fourth-order valence-electron chi connectivity index (χ4n) is 4.94. The summed E-state index contributed by atoms with van der Waals surface area (Å²) in [5.74, 6) is -0.177. The Kier molecular flexibility index (Phi) is 9.45. The number of rotatable bonds is 12. The summed E-state index contributed by atoms with van der Waals surface area (Å²) in [5, 5.41) is 1.74. The van der Waals surface area contributed by atoms with E-state index in [1.807, 2.05) is 24.3 Å². The van der Waals surface area contributed by atoms with Gasteiger partial charge in [-0.2, -0.15) is 4.31 Å². The molecule has 1 aliphatic heterocycles. The number of sulfonamides is 1. The number of furan rings is 1. The third-order valence-electron chi connectivity index (χ3n) is 7.22. The lowest BCUT2D eigenvalue weighted by molar-refractivity contribution is -0.133. The van der Waals surface area contributed by atoms with Crippen molar-refractivity contribution >= 4 is 26.7 Å². The van der Waals surface area contributed by atoms with Gasteiger partial charge < -0.3 is 14.1 Å². The molecule has 0 unspecified atom stereocenters. The summed E-state index contributed by atoms with van der Waals surface area (Å²) in [6, 6.07) is 22.0. The molecule has 1 fully saturated rings. The van der Waals surface area contributed by atoms with Crippen LogP contribution in [-0.2, 0) is 32.6 Å². The monoisotopic (exact) mass is 579 g/mol. The molecule has 1 aromatic heterocycles. The van der Waals surface area contributed by atoms with Crippen LogP contribution in [0.5, 0.6) is 0 Å². The van der Waals surface area contributed by atoms with Gasteiger partial charge in [-0.05, 0) is 65.7 Å². The molecule has 1 amide bonds. The first-order valence-electron chi connectivity index (χ1n) is 13.7. The van der Waals surface area contributed by atoms with Crippen LogP contribution in [0.3, 0.4) is 0 Å². The lowest BCUT2D eigenvalue weighted by Gasteiger charge is -2.29. The molecule has 0 atom stereocenters. The molecule has 0 radical (unpaired) electrons. The summed E-state index contributed by atoms with van der Waals surface area (Å²) in [6.45, 7) is 3.79. The molecule has 10 heteroatoms. The Bertz CT molecular complexity index is 1540. The largest absolute Gasteiger partial charge is 0.467 e. The molecule has 41 heavy (non-hydrogen) atoms. The van der Waals surface area contributed by atoms with Gasteiger partial charge in [0.1, 0.15) is 11.6 Å². The average Bonchev–Trinajstić information content (AvgIpc) is 3.51. The van der Waals surface area contributed by atoms with E-state index in [4.69, 9.17) is 9.15 Å². The Morgan fingerprint density at radius 3 is 2.39 bits per heavy atom. The third kappa shape index (κ3) is 7.59. The summed E-state index contributed by atoms with van der Waals surface area (Å²) in [5.41, 5.74) is 0.725. The van der Waals surface area contributed by atoms with Crippen molar-refractivity contribution in [3.05, 3.63) is 102 Å². The number of amides is 1. The van der Waals surface area contributed by atoms with Gasteiger partial charge in [-0.25, -0.2) is 12.8 Å². The van der Waals surface area contributed by atoms with E-state index in [1.54, 1.807) is 42.5 Å². The van der Waals surface area contributed by atoms with E-state index in [1.165, 1.54) is 27.6 Å². The van der Waals surface area contributed by atoms with Crippen LogP contribution in [0.4, 0.5) is 4.39 Å². The van der Waals surface area contributed by atoms with Crippen LogP contribution in [0.2, 0.25) is 0 Å². The number of carbonyl (C=O) groups is 1. The number of morpholine rings is 1. The minimum absolute atomic E-state index is 0.145. The highest BCUT2D eigenvalue weighted by Crippen LogP contribution is 2.23. The van der Waals surface area contributed by atoms with Gasteiger partial charge in [0.05, 0.1) is 37.5 Å². The second-order valence-electron chi connectivity index (χ2n) is 10.1. The van der Waals surface area contributed by atoms with Crippen molar-refractivity contribution < 1.29 is 26.8 Å². The zero-order valence-corrected chi connectivity index (χ0v) is 23.6. The summed E-state index contributed by atoms with van der Waals surface area (Å²) in [7, 11) is -3.99. The summed E-state index contributed by atoms with van der Waals surface area (Å²) in [6.07, 6.45) is 2.09. The number of nitrogens with zero attached hydrogens (tertiary/aromatic N) is 3. The second kappa shape index (κ2) is 13.4. The van der Waals surface area contributed by atoms with Crippen molar-refractivity contribution in [2.75, 3.05) is 45.9 Å². The molecule has 1 saturated heterocycles. The maximum absolute atomic E-state index is 14.0. The van der Waals surface area contributed by atoms with Gasteiger partial charge in [0.2, 0.25) is 15.9 Å². The van der Waals surface area contributed by atoms with Crippen molar-refractivity contribution in [2.24, 2.45) is 0 Å². The van der Waals surface area contributed by atoms with E-state index >= 15 is 0 Å². The predicted octanol–water partition coefficient (Wildman–Crippen LogP) is 4.51. The topological polar surface area (TPSA) is 83.3 Å². The average molecular weight is 580 g/mol. The minimum Gasteiger partial charge on any atom is -0.467 e. The van der Waals surface area contributed by atoms with Crippen LogP contribution in [0.1, 0.15) is 17.7 Å². The first-order valence-corrected chi connectivity index (χ1v) is 15.2. The van der Waals surface area contributed by atoms with Crippen molar-refractivity contribution in [3.63, 3.8) is 0 Å². The fraction of sp³-hybridized carbons (Fsp3) is 0.323. The quantitative estimate of drug-likeness (QED) is 0.246. The van der Waals surface area contributed by atoms with Crippen LogP contribution in [0.15, 0.2) is 94.4 Å². The molecule has 5 rings (SSSR count). The van der Waals surface area contributed by atoms with Crippen molar-refractivity contribution in [1.29, 1.82) is 0 Å². The van der Waals surface area contributed by atoms with E-state index < -0.39 is 10.0 Å². The second-order valence-corrected chi connectivity index (χ2v) is 12.0. The number of hydrogen-bond donors (Lipinski definition) is 0. The molecule has 8 nitrogen and oxygen atoms in total. The van der Waals surface area contributed by atoms with Gasteiger partial charge in [0, 0.05) is 26.2 Å². The van der Waals surface area contributed by atoms with Crippen molar-refractivity contribution in [1.82, 2.24) is 14.1 Å². The smallest absolute Gasteiger partial charge is 0.243 e. The minimum atomic E-state index is -3.99. The lowest BCUT2D eigenvalue weighted by atomic mass is 10.1. The highest BCUT2D eigenvalue weighted by atomic mass is 32.2. The Balaban J connectivity index is 1.39. The molecule has 0 N–H and O–H groups in total. The Hall–Kier alpha value is -3.57. The number of benzene rings is 3. The number of halogens is 1. The number of carbonyl (C=O) groups excluding carboxylic acids is 1.